The number of carbonyl (C=O) groups is 4. The van der Waals surface area contributed by atoms with Crippen LogP contribution >= 0.6 is 0 Å². The average molecular weight is 534 g/mol. The Morgan fingerprint density at radius 2 is 1.63 bits per heavy atom. The van der Waals surface area contributed by atoms with E-state index in [2.05, 4.69) is 22.3 Å². The summed E-state index contributed by atoms with van der Waals surface area (Å²) in [5, 5.41) is 5.35. The third-order valence-corrected chi connectivity index (χ3v) is 6.07. The maximum atomic E-state index is 14.1. The Bertz CT molecular complexity index is 925. The highest BCUT2D eigenvalue weighted by Crippen LogP contribution is 2.27. The van der Waals surface area contributed by atoms with Crippen molar-refractivity contribution in [1.29, 1.82) is 0 Å². The van der Waals surface area contributed by atoms with Crippen LogP contribution < -0.4 is 10.6 Å². The minimum Gasteiger partial charge on any atom is -0.468 e. The van der Waals surface area contributed by atoms with Gasteiger partial charge in [0.2, 0.25) is 11.8 Å². The highest BCUT2D eigenvalue weighted by Gasteiger charge is 2.37. The molecule has 0 aromatic heterocycles. The molecular weight excluding hydrogens is 486 g/mol. The molecule has 2 N–H and O–H groups in total. The van der Waals surface area contributed by atoms with Crippen molar-refractivity contribution in [3.05, 3.63) is 35.4 Å². The Labute approximate surface area is 228 Å². The number of unbranched alkanes of at least 4 members (excludes halogenated alkanes) is 4. The van der Waals surface area contributed by atoms with Gasteiger partial charge in [0.1, 0.15) is 24.2 Å². The molecule has 0 aliphatic rings. The molecule has 0 fully saturated rings. The number of ether oxygens (including phenoxy) is 2. The molecule has 0 spiro atoms. The first-order valence-electron chi connectivity index (χ1n) is 13.5. The predicted molar refractivity (Wildman–Crippen MR) is 147 cm³/mol. The summed E-state index contributed by atoms with van der Waals surface area (Å²) in [5.74, 6) is -1.74. The molecule has 0 aliphatic carbocycles. The van der Waals surface area contributed by atoms with E-state index >= 15 is 0 Å². The van der Waals surface area contributed by atoms with Gasteiger partial charge in [0.25, 0.3) is 0 Å². The summed E-state index contributed by atoms with van der Waals surface area (Å²) in [6, 6.07) is 5.44. The molecule has 2 atom stereocenters. The number of methoxy groups -OCH3 is 1. The Kier molecular flexibility index (Phi) is 13.9. The molecule has 1 aromatic rings. The third kappa shape index (κ3) is 11.1. The van der Waals surface area contributed by atoms with E-state index in [4.69, 9.17) is 4.74 Å². The molecule has 0 heterocycles. The van der Waals surface area contributed by atoms with E-state index in [1.54, 1.807) is 26.8 Å². The van der Waals surface area contributed by atoms with Crippen LogP contribution in [0.4, 0.5) is 4.79 Å². The zero-order valence-corrected chi connectivity index (χ0v) is 24.4. The molecule has 0 radical (unpaired) electrons. The minimum atomic E-state index is -0.999. The van der Waals surface area contributed by atoms with Gasteiger partial charge in [-0.1, -0.05) is 70.7 Å². The Balaban J connectivity index is 3.46. The van der Waals surface area contributed by atoms with Gasteiger partial charge >= 0.3 is 12.1 Å². The predicted octanol–water partition coefficient (Wildman–Crippen LogP) is 4.67. The van der Waals surface area contributed by atoms with Gasteiger partial charge < -0.3 is 25.0 Å². The topological polar surface area (TPSA) is 114 Å². The van der Waals surface area contributed by atoms with Gasteiger partial charge in [0.15, 0.2) is 0 Å². The van der Waals surface area contributed by atoms with Crippen molar-refractivity contribution >= 4 is 23.9 Å². The molecule has 0 saturated carbocycles. The number of benzene rings is 1. The molecule has 3 amide bonds. The van der Waals surface area contributed by atoms with E-state index in [9.17, 15) is 19.2 Å². The van der Waals surface area contributed by atoms with E-state index in [1.165, 1.54) is 12.0 Å². The number of carbonyl (C=O) groups excluding carboxylic acids is 4. The minimum absolute atomic E-state index is 0.270. The normalized spacial score (nSPS) is 12.9. The summed E-state index contributed by atoms with van der Waals surface area (Å²) in [4.78, 5) is 53.6. The molecule has 1 aromatic carbocycles. The monoisotopic (exact) mass is 533 g/mol. The van der Waals surface area contributed by atoms with Crippen LogP contribution in [0.5, 0.6) is 0 Å². The smallest absolute Gasteiger partial charge is 0.408 e. The fourth-order valence-electron chi connectivity index (χ4n) is 4.05. The van der Waals surface area contributed by atoms with Crippen LogP contribution in [-0.4, -0.2) is 60.6 Å². The molecule has 2 unspecified atom stereocenters. The van der Waals surface area contributed by atoms with Gasteiger partial charge in [-0.05, 0) is 51.2 Å². The van der Waals surface area contributed by atoms with Gasteiger partial charge in [0, 0.05) is 6.54 Å². The number of hydrogen-bond acceptors (Lipinski definition) is 6. The van der Waals surface area contributed by atoms with Crippen LogP contribution in [-0.2, 0) is 23.9 Å². The molecular formula is C29H47N3O6. The SMILES string of the molecule is CCCCCCCN(C(=O)C(NC(=O)OC(C)(C)C)C(C)C)C(C(=O)NCC(=O)OC)c1ccccc1C. The van der Waals surface area contributed by atoms with Crippen molar-refractivity contribution in [3.8, 4) is 0 Å². The first-order chi connectivity index (χ1) is 17.8. The highest BCUT2D eigenvalue weighted by molar-refractivity contribution is 5.93. The number of nitrogens with one attached hydrogen (secondary N) is 2. The van der Waals surface area contributed by atoms with Crippen molar-refractivity contribution in [3.63, 3.8) is 0 Å². The molecule has 0 saturated heterocycles. The zero-order valence-electron chi connectivity index (χ0n) is 24.4. The number of esters is 1. The van der Waals surface area contributed by atoms with Gasteiger partial charge in [-0.15, -0.1) is 0 Å². The standard InChI is InChI=1S/C29H47N3O6/c1-9-10-11-12-15-18-32(27(35)24(20(2)3)31-28(36)38-29(5,6)7)25(22-17-14-13-16-21(22)4)26(34)30-19-23(33)37-8/h13-14,16-17,20,24-25H,9-12,15,18-19H2,1-8H3,(H,30,34)(H,31,36). The Morgan fingerprint density at radius 3 is 2.18 bits per heavy atom. The lowest BCUT2D eigenvalue weighted by molar-refractivity contribution is -0.145. The lowest BCUT2D eigenvalue weighted by atomic mass is 9.95. The quantitative estimate of drug-likeness (QED) is 0.265. The van der Waals surface area contributed by atoms with Crippen LogP contribution in [0.2, 0.25) is 0 Å². The van der Waals surface area contributed by atoms with Gasteiger partial charge in [-0.25, -0.2) is 4.79 Å². The Morgan fingerprint density at radius 1 is 1.00 bits per heavy atom. The maximum absolute atomic E-state index is 14.1. The van der Waals surface area contributed by atoms with Crippen LogP contribution in [0.15, 0.2) is 24.3 Å². The van der Waals surface area contributed by atoms with Crippen molar-refractivity contribution in [2.45, 2.75) is 98.3 Å². The first kappa shape index (κ1) is 32.9. The summed E-state index contributed by atoms with van der Waals surface area (Å²) in [5.41, 5.74) is 0.748. The van der Waals surface area contributed by atoms with E-state index in [-0.39, 0.29) is 18.4 Å². The van der Waals surface area contributed by atoms with E-state index in [0.717, 1.165) is 31.2 Å². The molecule has 214 valence electrons. The maximum Gasteiger partial charge on any atom is 0.408 e. The van der Waals surface area contributed by atoms with Crippen molar-refractivity contribution < 1.29 is 28.7 Å². The van der Waals surface area contributed by atoms with Gasteiger partial charge in [-0.3, -0.25) is 14.4 Å². The average Bonchev–Trinajstić information content (AvgIpc) is 2.84. The van der Waals surface area contributed by atoms with E-state index in [0.29, 0.717) is 18.5 Å². The zero-order chi connectivity index (χ0) is 28.9. The summed E-state index contributed by atoms with van der Waals surface area (Å²) in [6.45, 7) is 12.9. The lowest BCUT2D eigenvalue weighted by Crippen LogP contribution is -2.55. The van der Waals surface area contributed by atoms with Crippen LogP contribution in [0, 0.1) is 12.8 Å². The van der Waals surface area contributed by atoms with Crippen LogP contribution in [0.1, 0.15) is 90.8 Å². The molecule has 38 heavy (non-hydrogen) atoms. The number of aryl methyl sites for hydroxylation is 1. The van der Waals surface area contributed by atoms with Crippen molar-refractivity contribution in [2.75, 3.05) is 20.2 Å². The molecule has 0 bridgehead atoms. The van der Waals surface area contributed by atoms with Crippen LogP contribution in [0.3, 0.4) is 0 Å². The largest absolute Gasteiger partial charge is 0.468 e. The molecule has 9 heteroatoms. The summed E-state index contributed by atoms with van der Waals surface area (Å²) >= 11 is 0. The second-order valence-corrected chi connectivity index (χ2v) is 10.9. The number of amides is 3. The van der Waals surface area contributed by atoms with Gasteiger partial charge in [-0.2, -0.15) is 0 Å². The Hall–Kier alpha value is -3.10. The molecule has 0 aliphatic heterocycles. The lowest BCUT2D eigenvalue weighted by Gasteiger charge is -2.36. The molecule has 1 rings (SSSR count). The number of rotatable bonds is 14. The summed E-state index contributed by atoms with van der Waals surface area (Å²) in [6.07, 6.45) is 4.08. The fourth-order valence-corrected chi connectivity index (χ4v) is 4.05. The summed E-state index contributed by atoms with van der Waals surface area (Å²) < 4.78 is 10.1. The van der Waals surface area contributed by atoms with Crippen LogP contribution in [0.25, 0.3) is 0 Å². The number of alkyl carbamates (subject to hydrolysis) is 1. The van der Waals surface area contributed by atoms with E-state index < -0.39 is 35.7 Å². The third-order valence-electron chi connectivity index (χ3n) is 6.07. The van der Waals surface area contributed by atoms with Crippen molar-refractivity contribution in [2.24, 2.45) is 5.92 Å². The number of hydrogen-bond donors (Lipinski definition) is 2. The fraction of sp³-hybridized carbons (Fsp3) is 0.655. The summed E-state index contributed by atoms with van der Waals surface area (Å²) in [7, 11) is 1.25. The highest BCUT2D eigenvalue weighted by atomic mass is 16.6. The number of nitrogens with zero attached hydrogens (tertiary/aromatic N) is 1. The second kappa shape index (κ2) is 16.0. The first-order valence-corrected chi connectivity index (χ1v) is 13.5. The van der Waals surface area contributed by atoms with Gasteiger partial charge in [0.05, 0.1) is 7.11 Å². The molecule has 9 nitrogen and oxygen atoms in total. The van der Waals surface area contributed by atoms with E-state index in [1.807, 2.05) is 39.0 Å². The second-order valence-electron chi connectivity index (χ2n) is 10.9. The van der Waals surface area contributed by atoms with Crippen molar-refractivity contribution in [1.82, 2.24) is 15.5 Å².